The van der Waals surface area contributed by atoms with Gasteiger partial charge in [-0.1, -0.05) is 24.3 Å². The zero-order valence-corrected chi connectivity index (χ0v) is 20.9. The third kappa shape index (κ3) is 4.37. The van der Waals surface area contributed by atoms with E-state index >= 15 is 0 Å². The number of nitrogen functional groups attached to an aromatic ring is 1. The van der Waals surface area contributed by atoms with E-state index in [4.69, 9.17) is 10.5 Å². The Morgan fingerprint density at radius 3 is 1.87 bits per heavy atom. The lowest BCUT2D eigenvalue weighted by Crippen LogP contribution is -2.23. The summed E-state index contributed by atoms with van der Waals surface area (Å²) in [5.41, 5.74) is 7.72. The maximum Gasteiger partial charge on any atom is 0.335 e. The molecule has 0 spiro atoms. The highest BCUT2D eigenvalue weighted by molar-refractivity contribution is 9.10. The molecule has 5 rings (SSSR count). The van der Waals surface area contributed by atoms with Crippen molar-refractivity contribution in [1.82, 2.24) is 0 Å². The Hall–Kier alpha value is -4.96. The summed E-state index contributed by atoms with van der Waals surface area (Å²) >= 11 is 3.37. The fourth-order valence-electron chi connectivity index (χ4n) is 4.19. The van der Waals surface area contributed by atoms with Crippen LogP contribution in [0.25, 0.3) is 0 Å². The van der Waals surface area contributed by atoms with Gasteiger partial charge in [0.2, 0.25) is 0 Å². The van der Waals surface area contributed by atoms with Crippen LogP contribution in [0.3, 0.4) is 0 Å². The highest BCUT2D eigenvalue weighted by Crippen LogP contribution is 2.40. The molecule has 5 N–H and O–H groups in total. The van der Waals surface area contributed by atoms with Gasteiger partial charge < -0.3 is 26.0 Å². The molecule has 0 unspecified atom stereocenters. The average Bonchev–Trinajstić information content (AvgIpc) is 2.90. The molecule has 0 saturated carbocycles. The van der Waals surface area contributed by atoms with Gasteiger partial charge in [0.15, 0.2) is 11.6 Å². The molecule has 1 aliphatic carbocycles. The van der Waals surface area contributed by atoms with Crippen molar-refractivity contribution in [3.8, 4) is 11.5 Å². The molecule has 0 heterocycles. The van der Waals surface area contributed by atoms with Gasteiger partial charge in [-0.15, -0.1) is 0 Å². The molecule has 0 radical (unpaired) electrons. The number of ether oxygens (including phenoxy) is 1. The topological polar surface area (TPSA) is 156 Å². The summed E-state index contributed by atoms with van der Waals surface area (Å²) in [6.07, 6.45) is 0. The molecule has 188 valence electrons. The van der Waals surface area contributed by atoms with Gasteiger partial charge in [-0.3, -0.25) is 9.59 Å². The summed E-state index contributed by atoms with van der Waals surface area (Å²) in [7, 11) is 0. The summed E-state index contributed by atoms with van der Waals surface area (Å²) in [5.74, 6) is -2.88. The first-order valence-electron chi connectivity index (χ1n) is 11.1. The maximum atomic E-state index is 13.4. The monoisotopic (exact) mass is 572 g/mol. The number of benzene rings is 4. The van der Waals surface area contributed by atoms with Crippen LogP contribution < -0.4 is 15.8 Å². The predicted molar refractivity (Wildman–Crippen MR) is 142 cm³/mol. The Kier molecular flexibility index (Phi) is 6.17. The number of halogens is 1. The van der Waals surface area contributed by atoms with Crippen molar-refractivity contribution in [2.45, 2.75) is 0 Å². The van der Waals surface area contributed by atoms with Gasteiger partial charge >= 0.3 is 11.9 Å². The van der Waals surface area contributed by atoms with Gasteiger partial charge in [0.25, 0.3) is 0 Å². The Morgan fingerprint density at radius 1 is 0.763 bits per heavy atom. The molecule has 4 aromatic carbocycles. The second kappa shape index (κ2) is 9.49. The molecule has 0 fully saturated rings. The first-order chi connectivity index (χ1) is 18.1. The van der Waals surface area contributed by atoms with E-state index in [-0.39, 0.29) is 45.3 Å². The fourth-order valence-corrected chi connectivity index (χ4v) is 4.61. The number of nitrogens with two attached hydrogens (primary N) is 1. The molecular formula is C28H17BrN2O7. The number of carboxylic acid groups (broad SMARTS) is 2. The van der Waals surface area contributed by atoms with Gasteiger partial charge in [-0.05, 0) is 64.5 Å². The number of anilines is 3. The van der Waals surface area contributed by atoms with Crippen molar-refractivity contribution >= 4 is 56.5 Å². The molecule has 0 aliphatic heterocycles. The van der Waals surface area contributed by atoms with Gasteiger partial charge in [0, 0.05) is 21.3 Å². The van der Waals surface area contributed by atoms with Crippen LogP contribution in [0.1, 0.15) is 52.6 Å². The quantitative estimate of drug-likeness (QED) is 0.186. The van der Waals surface area contributed by atoms with Crippen molar-refractivity contribution in [3.63, 3.8) is 0 Å². The summed E-state index contributed by atoms with van der Waals surface area (Å²) in [5, 5.41) is 21.7. The van der Waals surface area contributed by atoms with E-state index in [0.717, 1.165) is 6.07 Å². The number of aromatic carboxylic acids is 2. The molecule has 0 aromatic heterocycles. The van der Waals surface area contributed by atoms with Gasteiger partial charge in [-0.2, -0.15) is 0 Å². The van der Waals surface area contributed by atoms with E-state index in [1.54, 1.807) is 54.6 Å². The number of fused-ring (bicyclic) bond motifs is 2. The van der Waals surface area contributed by atoms with E-state index in [2.05, 4.69) is 21.2 Å². The predicted octanol–water partition coefficient (Wildman–Crippen LogP) is 5.74. The van der Waals surface area contributed by atoms with Crippen LogP contribution in [-0.4, -0.2) is 33.7 Å². The molecule has 9 nitrogen and oxygen atoms in total. The van der Waals surface area contributed by atoms with Crippen LogP contribution in [0.2, 0.25) is 0 Å². The van der Waals surface area contributed by atoms with Crippen molar-refractivity contribution in [1.29, 1.82) is 0 Å². The Morgan fingerprint density at radius 2 is 1.32 bits per heavy atom. The minimum Gasteiger partial charge on any atom is -0.478 e. The van der Waals surface area contributed by atoms with E-state index in [0.29, 0.717) is 32.7 Å². The standard InChI is InChI=1S/C28H17BrN2O7/c29-20-12-21(22-23(24(20)30)26(33)19-4-2-1-3-18(19)25(22)32)31-15-5-7-16(8-6-15)38-17-10-13(27(34)35)9-14(11-17)28(36)37/h1-12,31H,30H2,(H,34,35)(H,36,37). The van der Waals surface area contributed by atoms with Gasteiger partial charge in [0.05, 0.1) is 33.6 Å². The molecule has 0 saturated heterocycles. The number of carbonyl (C=O) groups is 4. The molecule has 0 bridgehead atoms. The average molecular weight is 573 g/mol. The van der Waals surface area contributed by atoms with E-state index in [1.165, 1.54) is 12.1 Å². The van der Waals surface area contributed by atoms with Crippen LogP contribution in [0, 0.1) is 0 Å². The molecule has 4 aromatic rings. The lowest BCUT2D eigenvalue weighted by molar-refractivity contribution is 0.0696. The number of ketones is 2. The summed E-state index contributed by atoms with van der Waals surface area (Å²) < 4.78 is 6.13. The highest BCUT2D eigenvalue weighted by Gasteiger charge is 2.34. The molecule has 38 heavy (non-hydrogen) atoms. The number of nitrogens with one attached hydrogen (secondary N) is 1. The smallest absolute Gasteiger partial charge is 0.335 e. The first kappa shape index (κ1) is 24.7. The van der Waals surface area contributed by atoms with E-state index < -0.39 is 11.9 Å². The lowest BCUT2D eigenvalue weighted by Gasteiger charge is -2.23. The van der Waals surface area contributed by atoms with Gasteiger partial charge in [-0.25, -0.2) is 9.59 Å². The van der Waals surface area contributed by atoms with Crippen LogP contribution in [0.15, 0.2) is 77.3 Å². The van der Waals surface area contributed by atoms with Crippen molar-refractivity contribution < 1.29 is 34.1 Å². The number of hydrogen-bond donors (Lipinski definition) is 4. The van der Waals surface area contributed by atoms with E-state index in [1.807, 2.05) is 0 Å². The third-order valence-electron chi connectivity index (χ3n) is 5.96. The zero-order valence-electron chi connectivity index (χ0n) is 19.3. The lowest BCUT2D eigenvalue weighted by atomic mass is 9.82. The molecule has 10 heteroatoms. The minimum absolute atomic E-state index is 0.0438. The number of rotatable bonds is 6. The Balaban J connectivity index is 1.46. The summed E-state index contributed by atoms with van der Waals surface area (Å²) in [6.45, 7) is 0. The number of carboxylic acids is 2. The second-order valence-corrected chi connectivity index (χ2v) is 9.24. The van der Waals surface area contributed by atoms with Crippen molar-refractivity contribution in [2.75, 3.05) is 11.1 Å². The van der Waals surface area contributed by atoms with E-state index in [9.17, 15) is 29.4 Å². The van der Waals surface area contributed by atoms with Crippen molar-refractivity contribution in [2.24, 2.45) is 0 Å². The number of carbonyl (C=O) groups excluding carboxylic acids is 2. The van der Waals surface area contributed by atoms with Crippen LogP contribution in [0.4, 0.5) is 17.1 Å². The third-order valence-corrected chi connectivity index (χ3v) is 6.61. The Bertz CT molecular complexity index is 1650. The Labute approximate surface area is 223 Å². The maximum absolute atomic E-state index is 13.4. The van der Waals surface area contributed by atoms with Crippen LogP contribution in [-0.2, 0) is 0 Å². The van der Waals surface area contributed by atoms with Crippen LogP contribution in [0.5, 0.6) is 11.5 Å². The van der Waals surface area contributed by atoms with Gasteiger partial charge in [0.1, 0.15) is 11.5 Å². The molecule has 1 aliphatic rings. The largest absolute Gasteiger partial charge is 0.478 e. The minimum atomic E-state index is -1.29. The zero-order chi connectivity index (χ0) is 27.1. The summed E-state index contributed by atoms with van der Waals surface area (Å²) in [4.78, 5) is 49.3. The van der Waals surface area contributed by atoms with Crippen molar-refractivity contribution in [3.05, 3.63) is 111 Å². The summed E-state index contributed by atoms with van der Waals surface area (Å²) in [6, 6.07) is 18.1. The molecular weight excluding hydrogens is 556 g/mol. The molecule has 0 atom stereocenters. The SMILES string of the molecule is Nc1c(Br)cc(Nc2ccc(Oc3cc(C(=O)O)cc(C(=O)O)c3)cc2)c2c1C(=O)c1ccccc1C2=O. The fraction of sp³-hybridized carbons (Fsp3) is 0. The normalized spacial score (nSPS) is 11.9. The highest BCUT2D eigenvalue weighted by atomic mass is 79.9. The molecule has 0 amide bonds. The number of hydrogen-bond acceptors (Lipinski definition) is 7. The second-order valence-electron chi connectivity index (χ2n) is 8.38. The first-order valence-corrected chi connectivity index (χ1v) is 11.9. The van der Waals surface area contributed by atoms with Crippen LogP contribution >= 0.6 is 15.9 Å².